The lowest BCUT2D eigenvalue weighted by molar-refractivity contribution is 0.416. The standard InChI is InChI=1S/C30H46F2O4P2/c1-27(2,3)21-15-19(25(35-37(31)33)23(17-21)29(7,8)9)13-14-20-16-22(28(4,5)6)18-24(30(10,11)12)26(20)36-38(32)34/h15-18,33-34H,13-14H2,1-12H3. The molecule has 0 spiro atoms. The van der Waals surface area contributed by atoms with Gasteiger partial charge < -0.3 is 18.8 Å². The molecule has 0 aliphatic rings. The van der Waals surface area contributed by atoms with E-state index in [2.05, 4.69) is 41.5 Å². The molecule has 0 radical (unpaired) electrons. The van der Waals surface area contributed by atoms with Crippen molar-refractivity contribution in [2.75, 3.05) is 0 Å². The first-order valence-electron chi connectivity index (χ1n) is 13.0. The van der Waals surface area contributed by atoms with E-state index in [1.165, 1.54) is 0 Å². The first-order valence-corrected chi connectivity index (χ1v) is 15.2. The zero-order chi connectivity index (χ0) is 29.4. The molecule has 2 N–H and O–H groups in total. The van der Waals surface area contributed by atoms with Crippen LogP contribution in [0.5, 0.6) is 11.5 Å². The van der Waals surface area contributed by atoms with Gasteiger partial charge in [-0.05, 0) is 56.8 Å². The number of hydrogen-bond donors (Lipinski definition) is 2. The van der Waals surface area contributed by atoms with Gasteiger partial charge in [-0.3, -0.25) is 0 Å². The molecule has 2 atom stereocenters. The molecule has 0 aliphatic heterocycles. The number of halogens is 2. The summed E-state index contributed by atoms with van der Waals surface area (Å²) in [7, 11) is -6.25. The molecule has 0 amide bonds. The Morgan fingerprint density at radius 3 is 1.05 bits per heavy atom. The Balaban J connectivity index is 2.79. The molecule has 2 rings (SSSR count). The molecule has 0 aromatic heterocycles. The summed E-state index contributed by atoms with van der Waals surface area (Å²) in [4.78, 5) is 19.2. The van der Waals surface area contributed by atoms with Crippen molar-refractivity contribution in [2.24, 2.45) is 0 Å². The first kappa shape index (κ1) is 32.9. The molecule has 0 heterocycles. The van der Waals surface area contributed by atoms with Crippen molar-refractivity contribution in [3.05, 3.63) is 57.6 Å². The smallest absolute Gasteiger partial charge is 0.423 e. The predicted molar refractivity (Wildman–Crippen MR) is 157 cm³/mol. The SMILES string of the molecule is CC(C)(C)c1cc(CCc2cc(C(C)(C)C)cc(C(C)(C)C)c2OP(O)F)c(OP(O)F)c(C(C)(C)C)c1. The van der Waals surface area contributed by atoms with E-state index in [1.807, 2.05) is 65.8 Å². The van der Waals surface area contributed by atoms with Crippen molar-refractivity contribution in [3.8, 4) is 11.5 Å². The van der Waals surface area contributed by atoms with E-state index in [1.54, 1.807) is 0 Å². The van der Waals surface area contributed by atoms with Crippen LogP contribution in [0.2, 0.25) is 0 Å². The van der Waals surface area contributed by atoms with Crippen LogP contribution in [0.15, 0.2) is 24.3 Å². The van der Waals surface area contributed by atoms with E-state index in [0.29, 0.717) is 24.3 Å². The van der Waals surface area contributed by atoms with Crippen LogP contribution in [-0.2, 0) is 34.5 Å². The van der Waals surface area contributed by atoms with Gasteiger partial charge in [-0.1, -0.05) is 107 Å². The van der Waals surface area contributed by atoms with Crippen LogP contribution in [0.3, 0.4) is 0 Å². The Morgan fingerprint density at radius 1 is 0.553 bits per heavy atom. The third-order valence-corrected chi connectivity index (χ3v) is 7.34. The van der Waals surface area contributed by atoms with Gasteiger partial charge in [0.2, 0.25) is 0 Å². The molecule has 0 aliphatic carbocycles. The van der Waals surface area contributed by atoms with Crippen molar-refractivity contribution in [1.29, 1.82) is 0 Å². The zero-order valence-electron chi connectivity index (χ0n) is 25.1. The van der Waals surface area contributed by atoms with E-state index < -0.39 is 17.4 Å². The highest BCUT2D eigenvalue weighted by molar-refractivity contribution is 7.40. The third kappa shape index (κ3) is 8.59. The monoisotopic (exact) mass is 570 g/mol. The molecule has 2 aromatic carbocycles. The summed E-state index contributed by atoms with van der Waals surface area (Å²) in [6.07, 6.45) is 0.878. The van der Waals surface area contributed by atoms with Crippen LogP contribution in [0.25, 0.3) is 0 Å². The Labute approximate surface area is 231 Å². The molecule has 2 unspecified atom stereocenters. The Morgan fingerprint density at radius 2 is 0.842 bits per heavy atom. The fraction of sp³-hybridized carbons (Fsp3) is 0.600. The molecule has 8 heteroatoms. The van der Waals surface area contributed by atoms with Crippen molar-refractivity contribution in [2.45, 2.75) is 118 Å². The Kier molecular flexibility index (Phi) is 10.1. The molecule has 4 nitrogen and oxygen atoms in total. The van der Waals surface area contributed by atoms with Crippen LogP contribution in [0.4, 0.5) is 8.39 Å². The molecule has 214 valence electrons. The highest BCUT2D eigenvalue weighted by atomic mass is 31.2. The summed E-state index contributed by atoms with van der Waals surface area (Å²) < 4.78 is 38.7. The number of hydrogen-bond acceptors (Lipinski definition) is 4. The summed E-state index contributed by atoms with van der Waals surface area (Å²) in [6, 6.07) is 8.09. The summed E-state index contributed by atoms with van der Waals surface area (Å²) >= 11 is 0. The molecular weight excluding hydrogens is 524 g/mol. The predicted octanol–water partition coefficient (Wildman–Crippen LogP) is 9.80. The Hall–Kier alpha value is -1.32. The van der Waals surface area contributed by atoms with Gasteiger partial charge in [-0.25, -0.2) is 0 Å². The van der Waals surface area contributed by atoms with Crippen LogP contribution >= 0.6 is 17.4 Å². The van der Waals surface area contributed by atoms with Crippen molar-refractivity contribution < 1.29 is 27.2 Å². The minimum atomic E-state index is -3.12. The van der Waals surface area contributed by atoms with E-state index in [4.69, 9.17) is 9.05 Å². The van der Waals surface area contributed by atoms with Crippen LogP contribution < -0.4 is 9.05 Å². The van der Waals surface area contributed by atoms with Gasteiger partial charge >= 0.3 is 17.4 Å². The van der Waals surface area contributed by atoms with Crippen LogP contribution in [0.1, 0.15) is 116 Å². The average molecular weight is 571 g/mol. The number of benzene rings is 2. The first-order chi connectivity index (χ1) is 17.0. The molecule has 0 saturated heterocycles. The van der Waals surface area contributed by atoms with Gasteiger partial charge in [0.15, 0.2) is 0 Å². The van der Waals surface area contributed by atoms with Gasteiger partial charge in [0.05, 0.1) is 0 Å². The fourth-order valence-corrected chi connectivity index (χ4v) is 5.10. The minimum absolute atomic E-state index is 0.173. The second kappa shape index (κ2) is 11.7. The molecule has 0 saturated carbocycles. The second-order valence-corrected chi connectivity index (χ2v) is 15.4. The van der Waals surface area contributed by atoms with Crippen LogP contribution in [0, 0.1) is 0 Å². The highest BCUT2D eigenvalue weighted by Gasteiger charge is 2.30. The summed E-state index contributed by atoms with van der Waals surface area (Å²) in [5.74, 6) is 0.698. The topological polar surface area (TPSA) is 58.9 Å². The van der Waals surface area contributed by atoms with E-state index in [-0.39, 0.29) is 21.7 Å². The normalized spacial score (nSPS) is 14.8. The largest absolute Gasteiger partial charge is 0.436 e. The zero-order valence-corrected chi connectivity index (χ0v) is 26.9. The number of aryl methyl sites for hydroxylation is 2. The van der Waals surface area contributed by atoms with E-state index in [9.17, 15) is 18.2 Å². The van der Waals surface area contributed by atoms with Gasteiger partial charge in [0.25, 0.3) is 0 Å². The lowest BCUT2D eigenvalue weighted by atomic mass is 9.77. The lowest BCUT2D eigenvalue weighted by Crippen LogP contribution is -2.19. The lowest BCUT2D eigenvalue weighted by Gasteiger charge is -2.30. The van der Waals surface area contributed by atoms with Crippen molar-refractivity contribution in [3.63, 3.8) is 0 Å². The van der Waals surface area contributed by atoms with Gasteiger partial charge in [-0.15, -0.1) is 8.39 Å². The molecule has 0 fully saturated rings. The summed E-state index contributed by atoms with van der Waals surface area (Å²) in [5.41, 5.74) is 4.23. The van der Waals surface area contributed by atoms with Gasteiger partial charge in [-0.2, -0.15) is 0 Å². The number of rotatable bonds is 7. The maximum Gasteiger partial charge on any atom is 0.436 e. The maximum atomic E-state index is 13.9. The van der Waals surface area contributed by atoms with Gasteiger partial charge in [0.1, 0.15) is 11.5 Å². The average Bonchev–Trinajstić information content (AvgIpc) is 2.69. The molecule has 38 heavy (non-hydrogen) atoms. The van der Waals surface area contributed by atoms with Crippen LogP contribution in [-0.4, -0.2) is 9.79 Å². The fourth-order valence-electron chi connectivity index (χ4n) is 4.37. The van der Waals surface area contributed by atoms with E-state index >= 15 is 0 Å². The minimum Gasteiger partial charge on any atom is -0.423 e. The van der Waals surface area contributed by atoms with E-state index in [0.717, 1.165) is 33.4 Å². The third-order valence-electron chi connectivity index (χ3n) is 6.68. The van der Waals surface area contributed by atoms with Gasteiger partial charge in [0, 0.05) is 11.1 Å². The molecular formula is C30H46F2O4P2. The molecule has 2 aromatic rings. The summed E-state index contributed by atoms with van der Waals surface area (Å²) in [5, 5.41) is 0. The van der Waals surface area contributed by atoms with Crippen molar-refractivity contribution in [1.82, 2.24) is 0 Å². The second-order valence-electron chi connectivity index (χ2n) is 14.2. The summed E-state index contributed by atoms with van der Waals surface area (Å²) in [6.45, 7) is 24.9. The maximum absolute atomic E-state index is 13.9. The Bertz CT molecular complexity index is 1030. The highest BCUT2D eigenvalue weighted by Crippen LogP contribution is 2.47. The molecule has 0 bridgehead atoms. The quantitative estimate of drug-likeness (QED) is 0.325. The van der Waals surface area contributed by atoms with Crippen molar-refractivity contribution >= 4 is 17.4 Å².